The van der Waals surface area contributed by atoms with Gasteiger partial charge in [-0.25, -0.2) is 0 Å². The minimum Gasteiger partial charge on any atom is -0.374 e. The molecule has 3 N–H and O–H groups in total. The summed E-state index contributed by atoms with van der Waals surface area (Å²) in [6, 6.07) is 6.75. The van der Waals surface area contributed by atoms with Crippen LogP contribution in [0.1, 0.15) is 30.0 Å². The first kappa shape index (κ1) is 16.4. The number of hydrogen-bond acceptors (Lipinski definition) is 4. The Labute approximate surface area is 128 Å². The Hall–Kier alpha value is -0.940. The molecule has 0 spiro atoms. The van der Waals surface area contributed by atoms with Crippen molar-refractivity contribution >= 4 is 0 Å². The third kappa shape index (κ3) is 4.51. The number of nitrogens with one attached hydrogen (secondary N) is 1. The molecule has 2 atom stereocenters. The Balaban J connectivity index is 2.03. The summed E-state index contributed by atoms with van der Waals surface area (Å²) in [5.74, 6) is 5.81. The fourth-order valence-electron chi connectivity index (χ4n) is 3.05. The van der Waals surface area contributed by atoms with Gasteiger partial charge >= 0.3 is 0 Å². The molecule has 0 amide bonds. The summed E-state index contributed by atoms with van der Waals surface area (Å²) in [5.41, 5.74) is 6.95. The molecule has 1 heterocycles. The van der Waals surface area contributed by atoms with Crippen LogP contribution in [0, 0.1) is 13.8 Å². The summed E-state index contributed by atoms with van der Waals surface area (Å²) in [6.07, 6.45) is 2.26. The minimum atomic E-state index is 0.158. The van der Waals surface area contributed by atoms with Crippen molar-refractivity contribution in [3.63, 3.8) is 0 Å². The number of ether oxygens (including phenoxy) is 1. The van der Waals surface area contributed by atoms with Crippen LogP contribution in [0.15, 0.2) is 18.2 Å². The largest absolute Gasteiger partial charge is 0.374 e. The molecule has 118 valence electrons. The lowest BCUT2D eigenvalue weighted by atomic mass is 9.96. The predicted octanol–water partition coefficient (Wildman–Crippen LogP) is 1.79. The third-order valence-electron chi connectivity index (χ3n) is 4.32. The fraction of sp³-hybridized carbons (Fsp3) is 0.647. The van der Waals surface area contributed by atoms with Crippen LogP contribution in [0.3, 0.4) is 0 Å². The van der Waals surface area contributed by atoms with Crippen LogP contribution in [0.4, 0.5) is 0 Å². The van der Waals surface area contributed by atoms with Crippen LogP contribution in [0.5, 0.6) is 0 Å². The normalized spacial score (nSPS) is 21.4. The van der Waals surface area contributed by atoms with E-state index in [1.165, 1.54) is 23.1 Å². The minimum absolute atomic E-state index is 0.158. The molecule has 0 aliphatic carbocycles. The Kier molecular flexibility index (Phi) is 6.18. The van der Waals surface area contributed by atoms with E-state index in [1.807, 2.05) is 0 Å². The first-order valence-corrected chi connectivity index (χ1v) is 8.00. The maximum Gasteiger partial charge on any atom is 0.0871 e. The molecular formula is C17H29N3O. The number of rotatable bonds is 6. The van der Waals surface area contributed by atoms with E-state index in [0.29, 0.717) is 0 Å². The van der Waals surface area contributed by atoms with Crippen molar-refractivity contribution in [2.45, 2.75) is 45.8 Å². The van der Waals surface area contributed by atoms with Gasteiger partial charge in [-0.2, -0.15) is 0 Å². The van der Waals surface area contributed by atoms with Crippen LogP contribution in [0.2, 0.25) is 0 Å². The number of nitrogens with two attached hydrogens (primary N) is 1. The molecule has 2 unspecified atom stereocenters. The van der Waals surface area contributed by atoms with E-state index in [4.69, 9.17) is 10.6 Å². The Bertz CT molecular complexity index is 448. The van der Waals surface area contributed by atoms with Gasteiger partial charge < -0.3 is 4.74 Å². The van der Waals surface area contributed by atoms with Crippen molar-refractivity contribution in [3.8, 4) is 0 Å². The van der Waals surface area contributed by atoms with Gasteiger partial charge in [0, 0.05) is 13.1 Å². The molecule has 4 heteroatoms. The summed E-state index contributed by atoms with van der Waals surface area (Å²) >= 11 is 0. The molecule has 1 saturated heterocycles. The van der Waals surface area contributed by atoms with Crippen molar-refractivity contribution in [1.82, 2.24) is 10.3 Å². The zero-order valence-electron chi connectivity index (χ0n) is 13.6. The molecule has 1 aliphatic heterocycles. The van der Waals surface area contributed by atoms with Gasteiger partial charge in [-0.1, -0.05) is 30.7 Å². The van der Waals surface area contributed by atoms with Crippen molar-refractivity contribution in [1.29, 1.82) is 0 Å². The van der Waals surface area contributed by atoms with Gasteiger partial charge in [-0.15, -0.1) is 0 Å². The summed E-state index contributed by atoms with van der Waals surface area (Å²) < 4.78 is 5.97. The van der Waals surface area contributed by atoms with Crippen molar-refractivity contribution in [2.75, 3.05) is 26.2 Å². The molecular weight excluding hydrogens is 262 g/mol. The number of morpholine rings is 1. The van der Waals surface area contributed by atoms with Crippen molar-refractivity contribution in [3.05, 3.63) is 34.9 Å². The number of hydrazine groups is 1. The standard InChI is InChI=1S/C17H29N3O/c1-4-7-20-8-9-21-17(12-20)16(19-18)11-15-10-13(2)5-6-14(15)3/h5-6,10,16-17,19H,4,7-9,11-12,18H2,1-3H3. The van der Waals surface area contributed by atoms with Crippen LogP contribution < -0.4 is 11.3 Å². The maximum absolute atomic E-state index is 5.97. The predicted molar refractivity (Wildman–Crippen MR) is 87.2 cm³/mol. The Morgan fingerprint density at radius 1 is 1.43 bits per heavy atom. The molecule has 0 aromatic heterocycles. The Morgan fingerprint density at radius 3 is 2.95 bits per heavy atom. The highest BCUT2D eigenvalue weighted by molar-refractivity contribution is 5.31. The number of nitrogens with zero attached hydrogens (tertiary/aromatic N) is 1. The first-order valence-electron chi connectivity index (χ1n) is 8.00. The smallest absolute Gasteiger partial charge is 0.0871 e. The number of aryl methyl sites for hydroxylation is 2. The SMILES string of the molecule is CCCN1CCOC(C(Cc2cc(C)ccc2C)NN)C1. The highest BCUT2D eigenvalue weighted by Gasteiger charge is 2.27. The monoisotopic (exact) mass is 291 g/mol. The second kappa shape index (κ2) is 7.90. The summed E-state index contributed by atoms with van der Waals surface area (Å²) in [5, 5.41) is 0. The van der Waals surface area contributed by atoms with Gasteiger partial charge in [0.1, 0.15) is 0 Å². The van der Waals surface area contributed by atoms with Crippen LogP contribution >= 0.6 is 0 Å². The van der Waals surface area contributed by atoms with E-state index in [1.54, 1.807) is 0 Å². The third-order valence-corrected chi connectivity index (χ3v) is 4.32. The second-order valence-electron chi connectivity index (χ2n) is 6.12. The number of hydrogen-bond donors (Lipinski definition) is 2. The molecule has 0 saturated carbocycles. The quantitative estimate of drug-likeness (QED) is 0.620. The molecule has 1 aromatic carbocycles. The second-order valence-corrected chi connectivity index (χ2v) is 6.12. The highest BCUT2D eigenvalue weighted by Crippen LogP contribution is 2.17. The summed E-state index contributed by atoms with van der Waals surface area (Å²) in [4.78, 5) is 2.47. The van der Waals surface area contributed by atoms with Gasteiger partial charge in [-0.3, -0.25) is 16.2 Å². The van der Waals surface area contributed by atoms with E-state index in [2.05, 4.69) is 49.3 Å². The first-order chi connectivity index (χ1) is 10.1. The van der Waals surface area contributed by atoms with E-state index in [-0.39, 0.29) is 12.1 Å². The summed E-state index contributed by atoms with van der Waals surface area (Å²) in [7, 11) is 0. The van der Waals surface area contributed by atoms with Gasteiger partial charge in [0.15, 0.2) is 0 Å². The van der Waals surface area contributed by atoms with E-state index in [0.717, 1.165) is 32.7 Å². The van der Waals surface area contributed by atoms with Crippen LogP contribution in [-0.4, -0.2) is 43.3 Å². The molecule has 21 heavy (non-hydrogen) atoms. The maximum atomic E-state index is 5.97. The lowest BCUT2D eigenvalue weighted by Gasteiger charge is -2.37. The highest BCUT2D eigenvalue weighted by atomic mass is 16.5. The van der Waals surface area contributed by atoms with Gasteiger partial charge in [0.25, 0.3) is 0 Å². The molecule has 1 aromatic rings. The van der Waals surface area contributed by atoms with Crippen molar-refractivity contribution < 1.29 is 4.74 Å². The molecule has 4 nitrogen and oxygen atoms in total. The van der Waals surface area contributed by atoms with Gasteiger partial charge in [0.2, 0.25) is 0 Å². The topological polar surface area (TPSA) is 50.5 Å². The molecule has 1 fully saturated rings. The van der Waals surface area contributed by atoms with E-state index >= 15 is 0 Å². The van der Waals surface area contributed by atoms with Gasteiger partial charge in [0.05, 0.1) is 18.8 Å². The average Bonchev–Trinajstić information content (AvgIpc) is 2.49. The molecule has 1 aliphatic rings. The Morgan fingerprint density at radius 2 is 2.24 bits per heavy atom. The van der Waals surface area contributed by atoms with Crippen LogP contribution in [0.25, 0.3) is 0 Å². The average molecular weight is 291 g/mol. The molecule has 0 bridgehead atoms. The molecule has 0 radical (unpaired) electrons. The zero-order valence-corrected chi connectivity index (χ0v) is 13.6. The zero-order chi connectivity index (χ0) is 15.2. The lowest BCUT2D eigenvalue weighted by Crippen LogP contribution is -2.54. The number of benzene rings is 1. The van der Waals surface area contributed by atoms with Crippen LogP contribution in [-0.2, 0) is 11.2 Å². The lowest BCUT2D eigenvalue weighted by molar-refractivity contribution is -0.0462. The molecule has 2 rings (SSSR count). The van der Waals surface area contributed by atoms with Crippen molar-refractivity contribution in [2.24, 2.45) is 5.84 Å². The van der Waals surface area contributed by atoms with Gasteiger partial charge in [-0.05, 0) is 44.4 Å². The van der Waals surface area contributed by atoms with E-state index in [9.17, 15) is 0 Å². The van der Waals surface area contributed by atoms with E-state index < -0.39 is 0 Å². The fourth-order valence-corrected chi connectivity index (χ4v) is 3.05. The summed E-state index contributed by atoms with van der Waals surface area (Å²) in [6.45, 7) is 10.5.